The van der Waals surface area contributed by atoms with Gasteiger partial charge in [0.15, 0.2) is 34.2 Å². The Morgan fingerprint density at radius 1 is 0.737 bits per heavy atom. The summed E-state index contributed by atoms with van der Waals surface area (Å²) in [5.74, 6) is 1.47. The van der Waals surface area contributed by atoms with Gasteiger partial charge in [0.05, 0.1) is 77.2 Å². The number of benzene rings is 2. The second-order valence-electron chi connectivity index (χ2n) is 8.43. The van der Waals surface area contributed by atoms with Crippen LogP contribution in [-0.4, -0.2) is 44.6 Å². The number of methoxy groups -OCH3 is 4. The SMILES string of the molecule is CCCC(Sc1c(C(C)=O)c(OC)c2ccoc2c1OC)Sc1c(C(C)=O)c(OC)c2ccoc2c1OC. The number of ketones is 2. The highest BCUT2D eigenvalue weighted by atomic mass is 32.2. The van der Waals surface area contributed by atoms with Crippen LogP contribution in [0.3, 0.4) is 0 Å². The van der Waals surface area contributed by atoms with Crippen LogP contribution in [0, 0.1) is 0 Å². The molecule has 2 aromatic heterocycles. The summed E-state index contributed by atoms with van der Waals surface area (Å²) in [6, 6.07) is 3.51. The fraction of sp³-hybridized carbons (Fsp3) is 0.357. The summed E-state index contributed by atoms with van der Waals surface area (Å²) in [4.78, 5) is 27.1. The fourth-order valence-electron chi connectivity index (χ4n) is 4.54. The van der Waals surface area contributed by atoms with Crippen molar-refractivity contribution in [1.29, 1.82) is 0 Å². The van der Waals surface area contributed by atoms with Gasteiger partial charge >= 0.3 is 0 Å². The first kappa shape index (κ1) is 27.8. The standard InChI is InChI=1S/C28H30O8S2/c1-8-9-18(37-27-19(14(2)29)21(31-4)16-10-12-35-23(16)25(27)33-6)38-28-20(15(3)30)22(32-5)17-11-13-36-24(17)26(28)34-7/h10-13,18H,8-9H2,1-7H3. The molecule has 8 nitrogen and oxygen atoms in total. The van der Waals surface area contributed by atoms with E-state index < -0.39 is 0 Å². The van der Waals surface area contributed by atoms with Crippen molar-refractivity contribution in [3.8, 4) is 23.0 Å². The molecule has 2 aromatic carbocycles. The summed E-state index contributed by atoms with van der Waals surface area (Å²) >= 11 is 2.92. The van der Waals surface area contributed by atoms with Gasteiger partial charge in [-0.1, -0.05) is 13.3 Å². The Morgan fingerprint density at radius 2 is 1.13 bits per heavy atom. The van der Waals surface area contributed by atoms with Crippen molar-refractivity contribution in [3.63, 3.8) is 0 Å². The molecule has 2 heterocycles. The molecular weight excluding hydrogens is 528 g/mol. The molecule has 0 saturated heterocycles. The summed E-state index contributed by atoms with van der Waals surface area (Å²) in [6.07, 6.45) is 4.68. The smallest absolute Gasteiger partial charge is 0.180 e. The monoisotopic (exact) mass is 558 g/mol. The molecule has 0 aliphatic rings. The van der Waals surface area contributed by atoms with Crippen LogP contribution in [-0.2, 0) is 0 Å². The van der Waals surface area contributed by atoms with Crippen molar-refractivity contribution in [2.75, 3.05) is 28.4 Å². The van der Waals surface area contributed by atoms with Crippen molar-refractivity contribution < 1.29 is 37.4 Å². The van der Waals surface area contributed by atoms with Gasteiger partial charge in [0.25, 0.3) is 0 Å². The van der Waals surface area contributed by atoms with Crippen molar-refractivity contribution in [2.45, 2.75) is 48.0 Å². The number of rotatable bonds is 12. The highest BCUT2D eigenvalue weighted by Crippen LogP contribution is 2.53. The first-order valence-corrected chi connectivity index (χ1v) is 13.7. The Kier molecular flexibility index (Phi) is 8.52. The van der Waals surface area contributed by atoms with Crippen LogP contribution in [0.15, 0.2) is 43.3 Å². The van der Waals surface area contributed by atoms with Crippen LogP contribution >= 0.6 is 23.5 Å². The Balaban J connectivity index is 1.92. The number of hydrogen-bond acceptors (Lipinski definition) is 10. The zero-order chi connectivity index (χ0) is 27.6. The van der Waals surface area contributed by atoms with Crippen LogP contribution in [0.25, 0.3) is 21.9 Å². The van der Waals surface area contributed by atoms with Crippen molar-refractivity contribution in [2.24, 2.45) is 0 Å². The third-order valence-electron chi connectivity index (χ3n) is 6.10. The van der Waals surface area contributed by atoms with Gasteiger partial charge in [-0.3, -0.25) is 9.59 Å². The Labute approximate surface area is 229 Å². The predicted molar refractivity (Wildman–Crippen MR) is 149 cm³/mol. The lowest BCUT2D eigenvalue weighted by molar-refractivity contribution is 0.0998. The fourth-order valence-corrected chi connectivity index (χ4v) is 7.81. The molecule has 0 fully saturated rings. The lowest BCUT2D eigenvalue weighted by Crippen LogP contribution is -2.08. The molecule has 202 valence electrons. The molecule has 4 rings (SSSR count). The van der Waals surface area contributed by atoms with Crippen LogP contribution in [0.5, 0.6) is 23.0 Å². The zero-order valence-corrected chi connectivity index (χ0v) is 24.0. The van der Waals surface area contributed by atoms with Gasteiger partial charge < -0.3 is 27.8 Å². The average molecular weight is 559 g/mol. The van der Waals surface area contributed by atoms with Crippen LogP contribution in [0.4, 0.5) is 0 Å². The van der Waals surface area contributed by atoms with E-state index in [2.05, 4.69) is 6.92 Å². The number of carbonyl (C=O) groups is 2. The molecular formula is C28H30O8S2. The Hall–Kier alpha value is -3.24. The number of furan rings is 2. The largest absolute Gasteiger partial charge is 0.495 e. The maximum absolute atomic E-state index is 12.9. The third-order valence-corrected chi connectivity index (χ3v) is 8.92. The van der Waals surface area contributed by atoms with Crippen LogP contribution in [0.1, 0.15) is 54.3 Å². The highest BCUT2D eigenvalue weighted by molar-refractivity contribution is 8.17. The second-order valence-corrected chi connectivity index (χ2v) is 11.2. The van der Waals surface area contributed by atoms with E-state index in [-0.39, 0.29) is 16.1 Å². The van der Waals surface area contributed by atoms with Crippen molar-refractivity contribution in [3.05, 3.63) is 35.8 Å². The van der Waals surface area contributed by atoms with E-state index >= 15 is 0 Å². The number of ether oxygens (including phenoxy) is 4. The summed E-state index contributed by atoms with van der Waals surface area (Å²) in [5.41, 5.74) is 1.83. The molecule has 10 heteroatoms. The minimum atomic E-state index is -0.160. The van der Waals surface area contributed by atoms with E-state index in [1.54, 1.807) is 38.9 Å². The summed E-state index contributed by atoms with van der Waals surface area (Å²) in [7, 11) is 6.16. The minimum Gasteiger partial charge on any atom is -0.495 e. The van der Waals surface area contributed by atoms with Gasteiger partial charge in [-0.2, -0.15) is 0 Å². The molecule has 0 radical (unpaired) electrons. The molecule has 0 bridgehead atoms. The Bertz CT molecular complexity index is 1390. The van der Waals surface area contributed by atoms with Crippen LogP contribution in [0.2, 0.25) is 0 Å². The number of fused-ring (bicyclic) bond motifs is 2. The maximum atomic E-state index is 12.9. The molecule has 0 aliphatic carbocycles. The molecule has 0 atom stereocenters. The van der Waals surface area contributed by atoms with Gasteiger partial charge in [0.1, 0.15) is 11.5 Å². The predicted octanol–water partition coefficient (Wildman–Crippen LogP) is 7.63. The Morgan fingerprint density at radius 3 is 1.45 bits per heavy atom. The van der Waals surface area contributed by atoms with Gasteiger partial charge in [-0.25, -0.2) is 0 Å². The van der Waals surface area contributed by atoms with Gasteiger partial charge in [-0.15, -0.1) is 23.5 Å². The van der Waals surface area contributed by atoms with E-state index in [1.165, 1.54) is 51.6 Å². The lowest BCUT2D eigenvalue weighted by atomic mass is 10.1. The van der Waals surface area contributed by atoms with Gasteiger partial charge in [-0.05, 0) is 32.4 Å². The normalized spacial score (nSPS) is 11.4. The highest BCUT2D eigenvalue weighted by Gasteiger charge is 2.31. The van der Waals surface area contributed by atoms with Gasteiger partial charge in [0, 0.05) is 0 Å². The first-order valence-electron chi connectivity index (χ1n) is 12.0. The third kappa shape index (κ3) is 4.71. The lowest BCUT2D eigenvalue weighted by Gasteiger charge is -2.23. The molecule has 0 amide bonds. The van der Waals surface area contributed by atoms with E-state index in [9.17, 15) is 9.59 Å². The first-order chi connectivity index (χ1) is 18.3. The number of carbonyl (C=O) groups excluding carboxylic acids is 2. The molecule has 38 heavy (non-hydrogen) atoms. The van der Waals surface area contributed by atoms with Crippen molar-refractivity contribution in [1.82, 2.24) is 0 Å². The summed E-state index contributed by atoms with van der Waals surface area (Å²) in [6.45, 7) is 5.08. The van der Waals surface area contributed by atoms with E-state index in [0.29, 0.717) is 65.9 Å². The summed E-state index contributed by atoms with van der Waals surface area (Å²) in [5, 5.41) is 1.32. The van der Waals surface area contributed by atoms with E-state index in [1.807, 2.05) is 0 Å². The second kappa shape index (κ2) is 11.7. The van der Waals surface area contributed by atoms with Crippen molar-refractivity contribution >= 4 is 57.0 Å². The van der Waals surface area contributed by atoms with Gasteiger partial charge in [0.2, 0.25) is 0 Å². The quantitative estimate of drug-likeness (QED) is 0.0980. The number of Topliss-reactive ketones (excluding diaryl/α,β-unsaturated/α-hetero) is 2. The molecule has 0 unspecified atom stereocenters. The topological polar surface area (TPSA) is 97.3 Å². The average Bonchev–Trinajstić information content (AvgIpc) is 3.57. The molecule has 0 aliphatic heterocycles. The zero-order valence-electron chi connectivity index (χ0n) is 22.4. The number of hydrogen-bond donors (Lipinski definition) is 0. The van der Waals surface area contributed by atoms with Crippen LogP contribution < -0.4 is 18.9 Å². The number of thioether (sulfide) groups is 2. The summed E-state index contributed by atoms with van der Waals surface area (Å²) < 4.78 is 34.3. The molecule has 0 saturated carbocycles. The van der Waals surface area contributed by atoms with E-state index in [4.69, 9.17) is 27.8 Å². The molecule has 0 N–H and O–H groups in total. The minimum absolute atomic E-state index is 0.159. The maximum Gasteiger partial charge on any atom is 0.180 e. The molecule has 4 aromatic rings. The van der Waals surface area contributed by atoms with E-state index in [0.717, 1.165) is 12.8 Å². The molecule has 0 spiro atoms.